The zero-order valence-electron chi connectivity index (χ0n) is 15.0. The van der Waals surface area contributed by atoms with Crippen LogP contribution in [0.4, 0.5) is 10.1 Å². The minimum absolute atomic E-state index is 0.208. The van der Waals surface area contributed by atoms with Crippen molar-refractivity contribution in [1.29, 1.82) is 0 Å². The normalized spacial score (nSPS) is 19.2. The molecule has 2 aliphatic rings. The molecule has 1 aromatic rings. The summed E-state index contributed by atoms with van der Waals surface area (Å²) in [7, 11) is 0. The molecule has 1 aliphatic heterocycles. The Labute approximate surface area is 149 Å². The summed E-state index contributed by atoms with van der Waals surface area (Å²) in [6.07, 6.45) is 3.74. The van der Waals surface area contributed by atoms with Gasteiger partial charge in [-0.2, -0.15) is 0 Å². The summed E-state index contributed by atoms with van der Waals surface area (Å²) in [5, 5.41) is 16.2. The summed E-state index contributed by atoms with van der Waals surface area (Å²) in [6.45, 7) is 5.66. The topological polar surface area (TPSA) is 59.9 Å². The van der Waals surface area contributed by atoms with Crippen LogP contribution in [0.25, 0.3) is 0 Å². The molecule has 3 N–H and O–H groups in total. The third-order valence-electron chi connectivity index (χ3n) is 4.84. The van der Waals surface area contributed by atoms with Crippen LogP contribution in [-0.4, -0.2) is 43.3 Å². The van der Waals surface area contributed by atoms with E-state index in [9.17, 15) is 9.50 Å². The van der Waals surface area contributed by atoms with E-state index in [1.807, 2.05) is 24.0 Å². The molecule has 0 amide bonds. The lowest BCUT2D eigenvalue weighted by atomic mass is 10.1. The van der Waals surface area contributed by atoms with Crippen LogP contribution in [0.2, 0.25) is 0 Å². The molecule has 0 aromatic heterocycles. The van der Waals surface area contributed by atoms with Crippen LogP contribution < -0.4 is 15.5 Å². The van der Waals surface area contributed by atoms with E-state index in [2.05, 4.69) is 15.6 Å². The maximum Gasteiger partial charge on any atom is 0.191 e. The molecule has 25 heavy (non-hydrogen) atoms. The van der Waals surface area contributed by atoms with Gasteiger partial charge < -0.3 is 20.6 Å². The maximum atomic E-state index is 14.5. The van der Waals surface area contributed by atoms with E-state index in [4.69, 9.17) is 0 Å². The van der Waals surface area contributed by atoms with Crippen LogP contribution in [0.3, 0.4) is 0 Å². The van der Waals surface area contributed by atoms with Gasteiger partial charge in [0.2, 0.25) is 0 Å². The van der Waals surface area contributed by atoms with E-state index in [1.165, 1.54) is 12.8 Å². The first-order valence-corrected chi connectivity index (χ1v) is 9.39. The summed E-state index contributed by atoms with van der Waals surface area (Å²) in [6, 6.07) is 5.36. The van der Waals surface area contributed by atoms with E-state index in [1.54, 1.807) is 6.07 Å². The number of anilines is 1. The van der Waals surface area contributed by atoms with Gasteiger partial charge in [0.05, 0.1) is 18.3 Å². The molecule has 1 saturated heterocycles. The van der Waals surface area contributed by atoms with Crippen LogP contribution in [-0.2, 0) is 6.54 Å². The van der Waals surface area contributed by atoms with Gasteiger partial charge >= 0.3 is 0 Å². The minimum atomic E-state index is -0.249. The van der Waals surface area contributed by atoms with Crippen molar-refractivity contribution >= 4 is 11.6 Å². The average Bonchev–Trinajstić information content (AvgIpc) is 3.43. The van der Waals surface area contributed by atoms with Gasteiger partial charge in [0.25, 0.3) is 0 Å². The van der Waals surface area contributed by atoms with Crippen LogP contribution >= 0.6 is 0 Å². The van der Waals surface area contributed by atoms with Crippen molar-refractivity contribution in [3.63, 3.8) is 0 Å². The summed E-state index contributed by atoms with van der Waals surface area (Å²) in [5.74, 6) is 1.37. The highest BCUT2D eigenvalue weighted by molar-refractivity contribution is 5.79. The lowest BCUT2D eigenvalue weighted by Crippen LogP contribution is -2.38. The standard InChI is InChI=1S/C19H29FN4O/c1-2-21-19(22-12-14-3-4-14)23-13-15-5-6-18(17(20)11-15)24-9-7-16(25)8-10-24/h5-6,11,14,16,25H,2-4,7-10,12-13H2,1H3,(H2,21,22,23). The summed E-state index contributed by atoms with van der Waals surface area (Å²) < 4.78 is 14.5. The van der Waals surface area contributed by atoms with Gasteiger partial charge in [-0.25, -0.2) is 9.38 Å². The van der Waals surface area contributed by atoms with E-state index < -0.39 is 0 Å². The molecular weight excluding hydrogens is 319 g/mol. The van der Waals surface area contributed by atoms with Gasteiger partial charge in [-0.05, 0) is 56.2 Å². The Bertz CT molecular complexity index is 595. The third kappa shape index (κ3) is 5.33. The van der Waals surface area contributed by atoms with Crippen molar-refractivity contribution < 1.29 is 9.50 Å². The van der Waals surface area contributed by atoms with Gasteiger partial charge in [0.1, 0.15) is 5.82 Å². The van der Waals surface area contributed by atoms with Gasteiger partial charge in [-0.3, -0.25) is 0 Å². The van der Waals surface area contributed by atoms with Crippen LogP contribution in [0.5, 0.6) is 0 Å². The number of benzene rings is 1. The Morgan fingerprint density at radius 3 is 2.64 bits per heavy atom. The predicted molar refractivity (Wildman–Crippen MR) is 99.4 cm³/mol. The summed E-state index contributed by atoms with van der Waals surface area (Å²) >= 11 is 0. The molecule has 5 nitrogen and oxygen atoms in total. The number of nitrogens with zero attached hydrogens (tertiary/aromatic N) is 2. The molecule has 0 unspecified atom stereocenters. The largest absolute Gasteiger partial charge is 0.393 e. The number of rotatable bonds is 6. The molecule has 138 valence electrons. The fraction of sp³-hybridized carbons (Fsp3) is 0.632. The number of aliphatic hydroxyl groups excluding tert-OH is 1. The van der Waals surface area contributed by atoms with E-state index in [0.29, 0.717) is 38.2 Å². The highest BCUT2D eigenvalue weighted by Gasteiger charge is 2.21. The highest BCUT2D eigenvalue weighted by atomic mass is 19.1. The third-order valence-corrected chi connectivity index (χ3v) is 4.84. The fourth-order valence-corrected chi connectivity index (χ4v) is 3.09. The molecule has 1 saturated carbocycles. The number of piperidine rings is 1. The maximum absolute atomic E-state index is 14.5. The lowest BCUT2D eigenvalue weighted by Gasteiger charge is -2.31. The molecule has 6 heteroatoms. The van der Waals surface area contributed by atoms with Crippen molar-refractivity contribution in [3.05, 3.63) is 29.6 Å². The fourth-order valence-electron chi connectivity index (χ4n) is 3.09. The van der Waals surface area contributed by atoms with Crippen molar-refractivity contribution in [2.24, 2.45) is 10.9 Å². The van der Waals surface area contributed by atoms with Gasteiger partial charge in [0, 0.05) is 26.2 Å². The molecule has 1 aromatic carbocycles. The summed E-state index contributed by atoms with van der Waals surface area (Å²) in [5.41, 5.74) is 1.49. The molecule has 0 spiro atoms. The second-order valence-corrected chi connectivity index (χ2v) is 7.02. The Morgan fingerprint density at radius 1 is 1.24 bits per heavy atom. The van der Waals surface area contributed by atoms with Crippen molar-refractivity contribution in [2.75, 3.05) is 31.1 Å². The van der Waals surface area contributed by atoms with E-state index >= 15 is 0 Å². The lowest BCUT2D eigenvalue weighted by molar-refractivity contribution is 0.145. The molecule has 3 rings (SSSR count). The zero-order valence-corrected chi connectivity index (χ0v) is 15.0. The first kappa shape index (κ1) is 18.0. The van der Waals surface area contributed by atoms with Crippen LogP contribution in [0.1, 0.15) is 38.2 Å². The number of aliphatic hydroxyl groups is 1. The number of guanidine groups is 1. The zero-order chi connectivity index (χ0) is 17.6. The number of hydrogen-bond acceptors (Lipinski definition) is 3. The number of halogens is 1. The average molecular weight is 348 g/mol. The van der Waals surface area contributed by atoms with Crippen LogP contribution in [0.15, 0.2) is 23.2 Å². The first-order chi connectivity index (χ1) is 12.2. The Morgan fingerprint density at radius 2 is 2.00 bits per heavy atom. The van der Waals surface area contributed by atoms with Gasteiger partial charge in [-0.1, -0.05) is 6.07 Å². The second-order valence-electron chi connectivity index (χ2n) is 7.02. The Balaban J connectivity index is 1.59. The molecule has 0 bridgehead atoms. The quantitative estimate of drug-likeness (QED) is 0.545. The SMILES string of the molecule is CCNC(=NCc1ccc(N2CCC(O)CC2)c(F)c1)NCC1CC1. The molecule has 0 atom stereocenters. The molecule has 2 fully saturated rings. The van der Waals surface area contributed by atoms with Gasteiger partial charge in [-0.15, -0.1) is 0 Å². The van der Waals surface area contributed by atoms with E-state index in [-0.39, 0.29) is 11.9 Å². The van der Waals surface area contributed by atoms with Crippen molar-refractivity contribution in [3.8, 4) is 0 Å². The van der Waals surface area contributed by atoms with Gasteiger partial charge in [0.15, 0.2) is 5.96 Å². The highest BCUT2D eigenvalue weighted by Crippen LogP contribution is 2.27. The predicted octanol–water partition coefficient (Wildman–Crippen LogP) is 2.25. The first-order valence-electron chi connectivity index (χ1n) is 9.39. The summed E-state index contributed by atoms with van der Waals surface area (Å²) in [4.78, 5) is 6.57. The number of hydrogen-bond donors (Lipinski definition) is 3. The smallest absolute Gasteiger partial charge is 0.191 e. The monoisotopic (exact) mass is 348 g/mol. The van der Waals surface area contributed by atoms with Crippen molar-refractivity contribution in [1.82, 2.24) is 10.6 Å². The Kier molecular flexibility index (Phi) is 6.13. The van der Waals surface area contributed by atoms with E-state index in [0.717, 1.165) is 30.5 Å². The number of aliphatic imine (C=N–C) groups is 1. The molecule has 1 aliphatic carbocycles. The molecule has 0 radical (unpaired) electrons. The second kappa shape index (κ2) is 8.52. The molecular formula is C19H29FN4O. The van der Waals surface area contributed by atoms with Crippen molar-refractivity contribution in [2.45, 2.75) is 45.3 Å². The number of nitrogens with one attached hydrogen (secondary N) is 2. The Hall–Kier alpha value is -1.82. The van der Waals surface area contributed by atoms with Crippen LogP contribution in [0, 0.1) is 11.7 Å². The molecule has 1 heterocycles. The minimum Gasteiger partial charge on any atom is -0.393 e.